The van der Waals surface area contributed by atoms with Crippen LogP contribution < -0.4 is 9.46 Å². The number of rotatable bonds is 6. The number of sulfonamides is 1. The maximum absolute atomic E-state index is 12.4. The van der Waals surface area contributed by atoms with Gasteiger partial charge in [0.15, 0.2) is 5.65 Å². The van der Waals surface area contributed by atoms with Crippen LogP contribution >= 0.6 is 0 Å². The molecule has 8 heteroatoms. The van der Waals surface area contributed by atoms with E-state index in [1.165, 1.54) is 25.7 Å². The van der Waals surface area contributed by atoms with E-state index in [1.807, 2.05) is 12.3 Å². The van der Waals surface area contributed by atoms with E-state index in [0.717, 1.165) is 48.8 Å². The van der Waals surface area contributed by atoms with Gasteiger partial charge in [-0.1, -0.05) is 13.8 Å². The van der Waals surface area contributed by atoms with Crippen molar-refractivity contribution >= 4 is 21.6 Å². The first-order chi connectivity index (χ1) is 14.9. The summed E-state index contributed by atoms with van der Waals surface area (Å²) in [7, 11) is -3.38. The van der Waals surface area contributed by atoms with Crippen molar-refractivity contribution in [1.29, 1.82) is 0 Å². The number of anilines is 1. The highest BCUT2D eigenvalue weighted by Gasteiger charge is 2.42. The average Bonchev–Trinajstić information content (AvgIpc) is 3.61. The van der Waals surface area contributed by atoms with Gasteiger partial charge in [-0.3, -0.25) is 9.12 Å². The van der Waals surface area contributed by atoms with Crippen LogP contribution in [0.2, 0.25) is 0 Å². The summed E-state index contributed by atoms with van der Waals surface area (Å²) in [5, 5.41) is 8.11. The molecule has 7 nitrogen and oxygen atoms in total. The Morgan fingerprint density at radius 2 is 1.87 bits per heavy atom. The summed E-state index contributed by atoms with van der Waals surface area (Å²) in [6.07, 6.45) is 11.2. The van der Waals surface area contributed by atoms with Crippen LogP contribution in [-0.4, -0.2) is 34.4 Å². The van der Waals surface area contributed by atoms with Crippen molar-refractivity contribution in [2.75, 3.05) is 4.72 Å². The number of fused-ring (bicyclic) bond motifs is 3. The first-order valence-electron chi connectivity index (χ1n) is 11.9. The molecule has 6 rings (SSSR count). The monoisotopic (exact) mass is 444 g/mol. The van der Waals surface area contributed by atoms with E-state index in [2.05, 4.69) is 28.8 Å². The second-order valence-electron chi connectivity index (χ2n) is 10.7. The van der Waals surface area contributed by atoms with E-state index in [-0.39, 0.29) is 17.3 Å². The molecule has 2 bridgehead atoms. The molecule has 168 valence electrons. The quantitative estimate of drug-likeness (QED) is 0.716. The van der Waals surface area contributed by atoms with Gasteiger partial charge in [-0.15, -0.1) is 10.2 Å². The van der Waals surface area contributed by atoms with Gasteiger partial charge in [-0.2, -0.15) is 0 Å². The van der Waals surface area contributed by atoms with Crippen molar-refractivity contribution in [2.24, 2.45) is 23.7 Å². The lowest BCUT2D eigenvalue weighted by molar-refractivity contribution is -0.0162. The fraction of sp³-hybridized carbons (Fsp3) is 0.739. The highest BCUT2D eigenvalue weighted by Crippen LogP contribution is 2.49. The van der Waals surface area contributed by atoms with Gasteiger partial charge >= 0.3 is 0 Å². The van der Waals surface area contributed by atoms with Crippen LogP contribution in [0.25, 0.3) is 5.65 Å². The number of aromatic nitrogens is 3. The van der Waals surface area contributed by atoms with Crippen LogP contribution in [0.3, 0.4) is 0 Å². The zero-order valence-electron chi connectivity index (χ0n) is 18.3. The highest BCUT2D eigenvalue weighted by atomic mass is 32.2. The van der Waals surface area contributed by atoms with Crippen LogP contribution in [0.4, 0.5) is 5.95 Å². The second-order valence-corrected chi connectivity index (χ2v) is 12.7. The first-order valence-corrected chi connectivity index (χ1v) is 13.5. The minimum absolute atomic E-state index is 0.245. The number of nitrogens with zero attached hydrogens (tertiary/aromatic N) is 3. The van der Waals surface area contributed by atoms with Gasteiger partial charge in [0.05, 0.1) is 5.25 Å². The van der Waals surface area contributed by atoms with Crippen LogP contribution in [0.5, 0.6) is 5.75 Å². The summed E-state index contributed by atoms with van der Waals surface area (Å²) < 4.78 is 36.0. The Morgan fingerprint density at radius 3 is 2.61 bits per heavy atom. The fourth-order valence-corrected chi connectivity index (χ4v) is 7.46. The zero-order chi connectivity index (χ0) is 21.3. The molecule has 0 amide bonds. The third-order valence-electron chi connectivity index (χ3n) is 7.82. The molecule has 4 saturated carbocycles. The van der Waals surface area contributed by atoms with Gasteiger partial charge in [0, 0.05) is 17.8 Å². The van der Waals surface area contributed by atoms with E-state index in [9.17, 15) is 8.42 Å². The normalized spacial score (nSPS) is 33.4. The van der Waals surface area contributed by atoms with Gasteiger partial charge < -0.3 is 4.74 Å². The molecule has 0 saturated heterocycles. The molecule has 3 unspecified atom stereocenters. The Bertz CT molecular complexity index is 1100. The van der Waals surface area contributed by atoms with Crippen molar-refractivity contribution in [3.8, 4) is 5.75 Å². The second kappa shape index (κ2) is 7.09. The van der Waals surface area contributed by atoms with Crippen LogP contribution in [-0.2, 0) is 10.0 Å². The van der Waals surface area contributed by atoms with Crippen molar-refractivity contribution < 1.29 is 13.2 Å². The van der Waals surface area contributed by atoms with Crippen molar-refractivity contribution in [1.82, 2.24) is 14.6 Å². The highest BCUT2D eigenvalue weighted by molar-refractivity contribution is 7.93. The van der Waals surface area contributed by atoms with Gasteiger partial charge in [0.25, 0.3) is 0 Å². The van der Waals surface area contributed by atoms with E-state index < -0.39 is 10.0 Å². The lowest BCUT2D eigenvalue weighted by Crippen LogP contribution is -2.44. The predicted molar refractivity (Wildman–Crippen MR) is 119 cm³/mol. The molecule has 31 heavy (non-hydrogen) atoms. The molecule has 5 atom stereocenters. The van der Waals surface area contributed by atoms with Gasteiger partial charge in [0.2, 0.25) is 16.0 Å². The standard InChI is InChI=1S/C23H32N4O3S/c1-13-7-15-9-14(2)22(17(8-13)10-15)30-20-11-21-24-25-23(26-31(28,29)18-5-6-18)27(21)12-19(20)16-3-4-16/h11-18,22H,3-10H2,1-2H3,(H,25,26)/t13?,14-,15?,17?,22-/m0/s1. The number of hydrogen-bond acceptors (Lipinski definition) is 5. The summed E-state index contributed by atoms with van der Waals surface area (Å²) in [4.78, 5) is 0. The average molecular weight is 445 g/mol. The van der Waals surface area contributed by atoms with Gasteiger partial charge in [-0.25, -0.2) is 8.42 Å². The molecular formula is C23H32N4O3S. The Kier molecular flexibility index (Phi) is 4.53. The SMILES string of the molecule is CC1CC2CC(C1)[C@@H](Oc1cc3nnc(NS(=O)(=O)C4CC4)n3cc1C1CC1)[C@@H](C)C2. The molecule has 2 aromatic rings. The van der Waals surface area contributed by atoms with Crippen LogP contribution in [0, 0.1) is 23.7 Å². The predicted octanol–water partition coefficient (Wildman–Crippen LogP) is 4.35. The number of pyridine rings is 1. The van der Waals surface area contributed by atoms with Crippen LogP contribution in [0.1, 0.15) is 76.7 Å². The van der Waals surface area contributed by atoms with E-state index in [1.54, 1.807) is 4.40 Å². The molecule has 2 aromatic heterocycles. The van der Waals surface area contributed by atoms with Gasteiger partial charge in [0.1, 0.15) is 11.9 Å². The maximum atomic E-state index is 12.4. The molecule has 4 fully saturated rings. The van der Waals surface area contributed by atoms with Crippen molar-refractivity contribution in [3.63, 3.8) is 0 Å². The molecule has 0 radical (unpaired) electrons. The zero-order valence-corrected chi connectivity index (χ0v) is 19.1. The summed E-state index contributed by atoms with van der Waals surface area (Å²) >= 11 is 0. The number of ether oxygens (including phenoxy) is 1. The molecular weight excluding hydrogens is 412 g/mol. The minimum Gasteiger partial charge on any atom is -0.489 e. The van der Waals surface area contributed by atoms with Crippen LogP contribution in [0.15, 0.2) is 12.3 Å². The Hall–Kier alpha value is -1.83. The van der Waals surface area contributed by atoms with E-state index in [4.69, 9.17) is 4.74 Å². The summed E-state index contributed by atoms with van der Waals surface area (Å²) in [6.45, 7) is 4.73. The topological polar surface area (TPSA) is 85.6 Å². The Morgan fingerprint density at radius 1 is 1.06 bits per heavy atom. The third kappa shape index (κ3) is 3.70. The largest absolute Gasteiger partial charge is 0.489 e. The van der Waals surface area contributed by atoms with Crippen molar-refractivity contribution in [3.05, 3.63) is 17.8 Å². The minimum atomic E-state index is -3.38. The maximum Gasteiger partial charge on any atom is 0.242 e. The molecule has 0 aliphatic heterocycles. The third-order valence-corrected chi connectivity index (χ3v) is 9.64. The fourth-order valence-electron chi connectivity index (χ4n) is 6.14. The molecule has 0 spiro atoms. The molecule has 1 N–H and O–H groups in total. The Balaban J connectivity index is 1.32. The summed E-state index contributed by atoms with van der Waals surface area (Å²) in [5.74, 6) is 4.50. The lowest BCUT2D eigenvalue weighted by atomic mass is 9.64. The summed E-state index contributed by atoms with van der Waals surface area (Å²) in [6, 6.07) is 1.97. The smallest absolute Gasteiger partial charge is 0.242 e. The van der Waals surface area contributed by atoms with E-state index in [0.29, 0.717) is 23.4 Å². The number of nitrogens with one attached hydrogen (secondary N) is 1. The summed E-state index contributed by atoms with van der Waals surface area (Å²) in [5.41, 5.74) is 1.79. The van der Waals surface area contributed by atoms with Crippen molar-refractivity contribution in [2.45, 2.75) is 82.5 Å². The first kappa shape index (κ1) is 19.8. The Labute approximate surface area is 184 Å². The lowest BCUT2D eigenvalue weighted by Gasteiger charge is -2.46. The molecule has 0 aromatic carbocycles. The molecule has 4 aliphatic carbocycles. The molecule has 2 heterocycles. The van der Waals surface area contributed by atoms with E-state index >= 15 is 0 Å². The number of hydrogen-bond donors (Lipinski definition) is 1. The van der Waals surface area contributed by atoms with Gasteiger partial charge in [-0.05, 0) is 81.0 Å². The molecule has 4 aliphatic rings.